The molecule has 0 unspecified atom stereocenters. The molecule has 5 heteroatoms. The van der Waals surface area contributed by atoms with Crippen LogP contribution in [0.3, 0.4) is 0 Å². The molecule has 2 aromatic carbocycles. The van der Waals surface area contributed by atoms with E-state index in [4.69, 9.17) is 4.42 Å². The average molecular weight is 384 g/mol. The molecule has 0 bridgehead atoms. The highest BCUT2D eigenvalue weighted by atomic mass is 79.9. The third-order valence-electron chi connectivity index (χ3n) is 4.24. The zero-order chi connectivity index (χ0) is 16.7. The third-order valence-corrected chi connectivity index (χ3v) is 4.74. The second-order valence-corrected chi connectivity index (χ2v) is 6.74. The summed E-state index contributed by atoms with van der Waals surface area (Å²) in [6.07, 6.45) is 1.11. The molecule has 0 saturated carbocycles. The van der Waals surface area contributed by atoms with Gasteiger partial charge in [-0.15, -0.1) is 0 Å². The van der Waals surface area contributed by atoms with E-state index in [2.05, 4.69) is 15.9 Å². The van der Waals surface area contributed by atoms with E-state index in [1.165, 1.54) is 0 Å². The summed E-state index contributed by atoms with van der Waals surface area (Å²) in [5.74, 6) is 0.0536. The van der Waals surface area contributed by atoms with E-state index >= 15 is 0 Å². The largest absolute Gasteiger partial charge is 0.453 e. The Morgan fingerprint density at radius 1 is 1.12 bits per heavy atom. The topological polar surface area (TPSA) is 50.5 Å². The second-order valence-electron chi connectivity index (χ2n) is 5.82. The molecule has 0 saturated heterocycles. The van der Waals surface area contributed by atoms with Gasteiger partial charge in [0.25, 0.3) is 0 Å². The Bertz CT molecular complexity index is 927. The smallest absolute Gasteiger partial charge is 0.227 e. The molecule has 0 atom stereocenters. The van der Waals surface area contributed by atoms with Gasteiger partial charge < -0.3 is 9.32 Å². The van der Waals surface area contributed by atoms with Gasteiger partial charge in [0.2, 0.25) is 11.7 Å². The van der Waals surface area contributed by atoms with E-state index in [9.17, 15) is 9.59 Å². The molecule has 4 rings (SSSR count). The molecular weight excluding hydrogens is 370 g/mol. The van der Waals surface area contributed by atoms with Crippen molar-refractivity contribution < 1.29 is 14.0 Å². The minimum Gasteiger partial charge on any atom is -0.453 e. The lowest BCUT2D eigenvalue weighted by atomic mass is 10.0. The summed E-state index contributed by atoms with van der Waals surface area (Å²) in [5.41, 5.74) is 2.55. The van der Waals surface area contributed by atoms with Crippen LogP contribution in [0.1, 0.15) is 22.5 Å². The summed E-state index contributed by atoms with van der Waals surface area (Å²) >= 11 is 3.45. The van der Waals surface area contributed by atoms with Gasteiger partial charge in [-0.25, -0.2) is 0 Å². The van der Waals surface area contributed by atoms with Crippen molar-refractivity contribution in [2.75, 3.05) is 11.4 Å². The van der Waals surface area contributed by atoms with Crippen molar-refractivity contribution in [3.63, 3.8) is 0 Å². The molecule has 0 N–H and O–H groups in total. The second kappa shape index (κ2) is 5.91. The number of rotatable bonds is 3. The number of nitrogens with zero attached hydrogens (tertiary/aromatic N) is 1. The van der Waals surface area contributed by atoms with Crippen molar-refractivity contribution in [2.45, 2.75) is 12.8 Å². The van der Waals surface area contributed by atoms with Gasteiger partial charge in [-0.2, -0.15) is 0 Å². The third kappa shape index (κ3) is 2.65. The normalized spacial score (nSPS) is 14.0. The molecule has 3 aromatic rings. The average Bonchev–Trinajstić information content (AvgIpc) is 3.01. The number of hydrogen-bond acceptors (Lipinski definition) is 3. The number of halogens is 1. The number of benzene rings is 2. The van der Waals surface area contributed by atoms with Gasteiger partial charge >= 0.3 is 0 Å². The van der Waals surface area contributed by atoms with Gasteiger partial charge in [-0.1, -0.05) is 34.1 Å². The molecule has 0 aliphatic carbocycles. The zero-order valence-corrected chi connectivity index (χ0v) is 14.4. The van der Waals surface area contributed by atoms with E-state index in [0.717, 1.165) is 21.1 Å². The first-order chi connectivity index (χ1) is 11.6. The molecule has 24 heavy (non-hydrogen) atoms. The van der Waals surface area contributed by atoms with Crippen molar-refractivity contribution >= 4 is 44.3 Å². The minimum atomic E-state index is -0.199. The summed E-state index contributed by atoms with van der Waals surface area (Å²) in [5, 5.41) is 0.884. The Kier molecular flexibility index (Phi) is 3.73. The van der Waals surface area contributed by atoms with Crippen LogP contribution < -0.4 is 4.90 Å². The fourth-order valence-electron chi connectivity index (χ4n) is 3.04. The zero-order valence-electron chi connectivity index (χ0n) is 12.8. The molecule has 1 aliphatic rings. The molecular formula is C19H14BrNO3. The van der Waals surface area contributed by atoms with Gasteiger partial charge in [-0.05, 0) is 42.3 Å². The SMILES string of the molecule is O=C(CN1C(=O)CCc2cc(Br)ccc21)c1cc2ccccc2o1. The molecule has 120 valence electrons. The van der Waals surface area contributed by atoms with Crippen LogP contribution in [0.25, 0.3) is 11.0 Å². The number of carbonyl (C=O) groups is 2. The first-order valence-electron chi connectivity index (χ1n) is 7.72. The van der Waals surface area contributed by atoms with E-state index in [-0.39, 0.29) is 24.0 Å². The number of ketones is 1. The van der Waals surface area contributed by atoms with Crippen molar-refractivity contribution in [3.05, 3.63) is 64.3 Å². The van der Waals surface area contributed by atoms with Crippen molar-refractivity contribution in [1.82, 2.24) is 0 Å². The summed E-state index contributed by atoms with van der Waals surface area (Å²) in [6, 6.07) is 15.0. The number of anilines is 1. The van der Waals surface area contributed by atoms with Crippen LogP contribution in [0.5, 0.6) is 0 Å². The predicted octanol–water partition coefficient (Wildman–Crippen LogP) is 4.36. The van der Waals surface area contributed by atoms with Crippen molar-refractivity contribution in [3.8, 4) is 0 Å². The lowest BCUT2D eigenvalue weighted by Crippen LogP contribution is -2.39. The van der Waals surface area contributed by atoms with Crippen molar-refractivity contribution in [2.24, 2.45) is 0 Å². The van der Waals surface area contributed by atoms with Gasteiger partial charge in [0.15, 0.2) is 5.76 Å². The van der Waals surface area contributed by atoms with Gasteiger partial charge in [0, 0.05) is 22.0 Å². The van der Waals surface area contributed by atoms with E-state index < -0.39 is 0 Å². The number of Topliss-reactive ketones (excluding diaryl/α,β-unsaturated/α-hetero) is 1. The van der Waals surface area contributed by atoms with Crippen LogP contribution in [0, 0.1) is 0 Å². The van der Waals surface area contributed by atoms with E-state index in [1.807, 2.05) is 42.5 Å². The molecule has 1 aromatic heterocycles. The van der Waals surface area contributed by atoms with Crippen LogP contribution in [0.2, 0.25) is 0 Å². The van der Waals surface area contributed by atoms with Crippen LogP contribution in [0.15, 0.2) is 57.4 Å². The summed E-state index contributed by atoms with van der Waals surface area (Å²) in [6.45, 7) is -0.00666. The highest BCUT2D eigenvalue weighted by Crippen LogP contribution is 2.30. The molecule has 4 nitrogen and oxygen atoms in total. The molecule has 0 fully saturated rings. The molecule has 1 aliphatic heterocycles. The van der Waals surface area contributed by atoms with E-state index in [0.29, 0.717) is 18.4 Å². The number of amides is 1. The first kappa shape index (κ1) is 15.1. The monoisotopic (exact) mass is 383 g/mol. The Morgan fingerprint density at radius 3 is 2.79 bits per heavy atom. The number of furan rings is 1. The first-order valence-corrected chi connectivity index (χ1v) is 8.52. The summed E-state index contributed by atoms with van der Waals surface area (Å²) < 4.78 is 6.59. The Morgan fingerprint density at radius 2 is 1.96 bits per heavy atom. The van der Waals surface area contributed by atoms with Crippen LogP contribution in [-0.2, 0) is 11.2 Å². The number of carbonyl (C=O) groups excluding carboxylic acids is 2. The van der Waals surface area contributed by atoms with Gasteiger partial charge in [0.05, 0.1) is 6.54 Å². The molecule has 2 heterocycles. The van der Waals surface area contributed by atoms with Gasteiger partial charge in [0.1, 0.15) is 5.58 Å². The van der Waals surface area contributed by atoms with Gasteiger partial charge in [-0.3, -0.25) is 9.59 Å². The maximum atomic E-state index is 12.6. The molecule has 0 spiro atoms. The lowest BCUT2D eigenvalue weighted by molar-refractivity contribution is -0.118. The Balaban J connectivity index is 1.64. The Labute approximate surface area is 147 Å². The standard InChI is InChI=1S/C19H14BrNO3/c20-14-6-7-15-12(9-14)5-8-19(23)21(15)11-16(22)18-10-13-3-1-2-4-17(13)24-18/h1-4,6-7,9-10H,5,8,11H2. The van der Waals surface area contributed by atoms with E-state index in [1.54, 1.807) is 11.0 Å². The minimum absolute atomic E-state index is 0.00666. The molecule has 0 radical (unpaired) electrons. The Hall–Kier alpha value is -2.40. The number of fused-ring (bicyclic) bond motifs is 2. The highest BCUT2D eigenvalue weighted by Gasteiger charge is 2.27. The number of para-hydroxylation sites is 1. The lowest BCUT2D eigenvalue weighted by Gasteiger charge is -2.28. The predicted molar refractivity (Wildman–Crippen MR) is 95.4 cm³/mol. The fourth-order valence-corrected chi connectivity index (χ4v) is 3.45. The van der Waals surface area contributed by atoms with Crippen LogP contribution in [-0.4, -0.2) is 18.2 Å². The maximum Gasteiger partial charge on any atom is 0.227 e. The van der Waals surface area contributed by atoms with Crippen molar-refractivity contribution in [1.29, 1.82) is 0 Å². The summed E-state index contributed by atoms with van der Waals surface area (Å²) in [4.78, 5) is 26.5. The molecule has 1 amide bonds. The quantitative estimate of drug-likeness (QED) is 0.631. The summed E-state index contributed by atoms with van der Waals surface area (Å²) in [7, 11) is 0. The number of hydrogen-bond donors (Lipinski definition) is 0. The maximum absolute atomic E-state index is 12.6. The highest BCUT2D eigenvalue weighted by molar-refractivity contribution is 9.10. The van der Waals surface area contributed by atoms with Crippen LogP contribution in [0.4, 0.5) is 5.69 Å². The fraction of sp³-hybridized carbons (Fsp3) is 0.158. The number of aryl methyl sites for hydroxylation is 1. The van der Waals surface area contributed by atoms with Crippen LogP contribution >= 0.6 is 15.9 Å².